The fourth-order valence-corrected chi connectivity index (χ4v) is 3.17. The zero-order valence-corrected chi connectivity index (χ0v) is 12.5. The quantitative estimate of drug-likeness (QED) is 0.803. The van der Waals surface area contributed by atoms with Crippen molar-refractivity contribution in [1.82, 2.24) is 20.3 Å². The average Bonchev–Trinajstić information content (AvgIpc) is 3.24. The van der Waals surface area contributed by atoms with Crippen molar-refractivity contribution in [3.8, 4) is 0 Å². The van der Waals surface area contributed by atoms with Gasteiger partial charge in [-0.05, 0) is 30.4 Å². The van der Waals surface area contributed by atoms with E-state index in [2.05, 4.69) is 39.4 Å². The van der Waals surface area contributed by atoms with Crippen LogP contribution in [0.1, 0.15) is 60.1 Å². The van der Waals surface area contributed by atoms with Gasteiger partial charge in [-0.3, -0.25) is 5.10 Å². The van der Waals surface area contributed by atoms with Gasteiger partial charge < -0.3 is 4.52 Å². The number of benzene rings is 1. The van der Waals surface area contributed by atoms with E-state index in [9.17, 15) is 0 Å². The number of nitrogens with zero attached hydrogens (tertiary/aromatic N) is 3. The molecule has 0 amide bonds. The lowest BCUT2D eigenvalue weighted by Crippen LogP contribution is -2.11. The normalized spacial score (nSPS) is 18.9. The van der Waals surface area contributed by atoms with E-state index in [0.717, 1.165) is 30.8 Å². The summed E-state index contributed by atoms with van der Waals surface area (Å²) in [7, 11) is 0. The van der Waals surface area contributed by atoms with E-state index in [1.807, 2.05) is 24.4 Å². The second-order valence-corrected chi connectivity index (χ2v) is 5.88. The predicted molar refractivity (Wildman–Crippen MR) is 81.6 cm³/mol. The molecule has 0 saturated heterocycles. The van der Waals surface area contributed by atoms with E-state index in [-0.39, 0.29) is 11.8 Å². The van der Waals surface area contributed by atoms with Crippen molar-refractivity contribution in [3.63, 3.8) is 0 Å². The van der Waals surface area contributed by atoms with Crippen LogP contribution in [0.2, 0.25) is 0 Å². The maximum absolute atomic E-state index is 5.56. The molecule has 0 fully saturated rings. The first-order chi connectivity index (χ1) is 10.8. The molecule has 2 unspecified atom stereocenters. The van der Waals surface area contributed by atoms with E-state index < -0.39 is 0 Å². The minimum atomic E-state index is 0.128. The third-order valence-electron chi connectivity index (χ3n) is 4.48. The Morgan fingerprint density at radius 3 is 3.00 bits per heavy atom. The lowest BCUT2D eigenvalue weighted by Gasteiger charge is -2.17. The Kier molecular flexibility index (Phi) is 3.25. The van der Waals surface area contributed by atoms with Crippen LogP contribution in [0.25, 0.3) is 0 Å². The minimum absolute atomic E-state index is 0.128. The van der Waals surface area contributed by atoms with Crippen LogP contribution in [-0.4, -0.2) is 20.3 Å². The van der Waals surface area contributed by atoms with Gasteiger partial charge >= 0.3 is 0 Å². The van der Waals surface area contributed by atoms with Crippen LogP contribution in [0, 0.1) is 0 Å². The van der Waals surface area contributed by atoms with Crippen LogP contribution >= 0.6 is 0 Å². The third kappa shape index (κ3) is 2.22. The smallest absolute Gasteiger partial charge is 0.235 e. The summed E-state index contributed by atoms with van der Waals surface area (Å²) in [6.07, 6.45) is 5.13. The molecular weight excluding hydrogens is 276 g/mol. The second-order valence-electron chi connectivity index (χ2n) is 5.88. The van der Waals surface area contributed by atoms with Crippen LogP contribution in [0.5, 0.6) is 0 Å². The molecule has 1 aliphatic carbocycles. The second kappa shape index (κ2) is 5.40. The summed E-state index contributed by atoms with van der Waals surface area (Å²) in [5.74, 6) is 1.72. The van der Waals surface area contributed by atoms with Crippen LogP contribution in [-0.2, 0) is 6.42 Å². The van der Waals surface area contributed by atoms with Crippen LogP contribution in [0.4, 0.5) is 0 Å². The topological polar surface area (TPSA) is 67.6 Å². The molecule has 1 aromatic carbocycles. The maximum atomic E-state index is 5.56. The van der Waals surface area contributed by atoms with Gasteiger partial charge in [0.1, 0.15) is 0 Å². The van der Waals surface area contributed by atoms with Gasteiger partial charge in [-0.25, -0.2) is 0 Å². The summed E-state index contributed by atoms with van der Waals surface area (Å²) >= 11 is 0. The van der Waals surface area contributed by atoms with E-state index in [0.29, 0.717) is 5.89 Å². The Balaban J connectivity index is 1.63. The molecule has 5 nitrogen and oxygen atoms in total. The summed E-state index contributed by atoms with van der Waals surface area (Å²) in [4.78, 5) is 4.66. The molecule has 2 atom stereocenters. The molecule has 1 N–H and O–H groups in total. The van der Waals surface area contributed by atoms with Gasteiger partial charge in [-0.2, -0.15) is 10.1 Å². The first kappa shape index (κ1) is 13.2. The number of aromatic amines is 1. The van der Waals surface area contributed by atoms with Gasteiger partial charge in [0, 0.05) is 5.92 Å². The molecule has 0 bridgehead atoms. The number of hydrogen-bond acceptors (Lipinski definition) is 4. The van der Waals surface area contributed by atoms with E-state index in [1.165, 1.54) is 11.1 Å². The molecule has 1 aliphatic rings. The molecule has 4 rings (SSSR count). The zero-order valence-electron chi connectivity index (χ0n) is 12.5. The highest BCUT2D eigenvalue weighted by atomic mass is 16.5. The number of H-pyrrole nitrogens is 1. The van der Waals surface area contributed by atoms with Gasteiger partial charge in [0.2, 0.25) is 5.89 Å². The number of aryl methyl sites for hydroxylation is 1. The lowest BCUT2D eigenvalue weighted by atomic mass is 9.88. The van der Waals surface area contributed by atoms with Crippen molar-refractivity contribution in [3.05, 3.63) is 65.1 Å². The van der Waals surface area contributed by atoms with Gasteiger partial charge in [0.25, 0.3) is 0 Å². The molecule has 112 valence electrons. The molecular formula is C17H18N4O. The summed E-state index contributed by atoms with van der Waals surface area (Å²) in [5.41, 5.74) is 3.60. The molecule has 0 spiro atoms. The summed E-state index contributed by atoms with van der Waals surface area (Å²) < 4.78 is 5.56. The third-order valence-corrected chi connectivity index (χ3v) is 4.48. The fourth-order valence-electron chi connectivity index (χ4n) is 3.17. The maximum Gasteiger partial charge on any atom is 0.235 e. The van der Waals surface area contributed by atoms with Crippen molar-refractivity contribution in [2.75, 3.05) is 0 Å². The molecule has 0 radical (unpaired) electrons. The van der Waals surface area contributed by atoms with E-state index in [4.69, 9.17) is 4.52 Å². The van der Waals surface area contributed by atoms with Crippen molar-refractivity contribution < 1.29 is 4.52 Å². The monoisotopic (exact) mass is 294 g/mol. The van der Waals surface area contributed by atoms with Crippen LogP contribution in [0.15, 0.2) is 41.1 Å². The summed E-state index contributed by atoms with van der Waals surface area (Å²) in [6, 6.07) is 10.3. The number of aromatic nitrogens is 4. The largest absolute Gasteiger partial charge is 0.339 e. The number of rotatable bonds is 3. The van der Waals surface area contributed by atoms with Crippen LogP contribution < -0.4 is 0 Å². The SMILES string of the molecule is CC(c1ccccc1)c1noc(C2CCCc3cn[nH]c32)n1. The van der Waals surface area contributed by atoms with Gasteiger partial charge in [-0.1, -0.05) is 42.4 Å². The number of nitrogens with one attached hydrogen (secondary N) is 1. The standard InChI is InChI=1S/C17H18N4O/c1-11(12-6-3-2-4-7-12)16-19-17(22-21-16)14-9-5-8-13-10-18-20-15(13)14/h2-4,6-7,10-11,14H,5,8-9H2,1H3,(H,18,20). The molecule has 5 heteroatoms. The molecule has 2 aromatic heterocycles. The minimum Gasteiger partial charge on any atom is -0.339 e. The lowest BCUT2D eigenvalue weighted by molar-refractivity contribution is 0.347. The van der Waals surface area contributed by atoms with Crippen molar-refractivity contribution in [1.29, 1.82) is 0 Å². The molecule has 0 aliphatic heterocycles. The molecule has 2 heterocycles. The Labute approximate surface area is 128 Å². The van der Waals surface area contributed by atoms with E-state index >= 15 is 0 Å². The highest BCUT2D eigenvalue weighted by Gasteiger charge is 2.29. The predicted octanol–water partition coefficient (Wildman–Crippen LogP) is 3.41. The van der Waals surface area contributed by atoms with Gasteiger partial charge in [-0.15, -0.1) is 0 Å². The number of fused-ring (bicyclic) bond motifs is 1. The highest BCUT2D eigenvalue weighted by Crippen LogP contribution is 2.35. The van der Waals surface area contributed by atoms with Crippen molar-refractivity contribution in [2.45, 2.75) is 38.0 Å². The highest BCUT2D eigenvalue weighted by molar-refractivity contribution is 5.29. The Bertz CT molecular complexity index is 762. The Morgan fingerprint density at radius 2 is 2.14 bits per heavy atom. The van der Waals surface area contributed by atoms with Gasteiger partial charge in [0.05, 0.1) is 17.8 Å². The first-order valence-corrected chi connectivity index (χ1v) is 7.73. The molecule has 3 aromatic rings. The molecule has 0 saturated carbocycles. The zero-order chi connectivity index (χ0) is 14.9. The summed E-state index contributed by atoms with van der Waals surface area (Å²) in [5, 5.41) is 11.5. The van der Waals surface area contributed by atoms with E-state index in [1.54, 1.807) is 0 Å². The van der Waals surface area contributed by atoms with Crippen molar-refractivity contribution in [2.24, 2.45) is 0 Å². The molecule has 22 heavy (non-hydrogen) atoms. The first-order valence-electron chi connectivity index (χ1n) is 7.73. The Hall–Kier alpha value is -2.43. The Morgan fingerprint density at radius 1 is 1.27 bits per heavy atom. The van der Waals surface area contributed by atoms with Crippen molar-refractivity contribution >= 4 is 0 Å². The summed E-state index contributed by atoms with van der Waals surface area (Å²) in [6.45, 7) is 2.10. The number of hydrogen-bond donors (Lipinski definition) is 1. The average molecular weight is 294 g/mol. The van der Waals surface area contributed by atoms with Crippen LogP contribution in [0.3, 0.4) is 0 Å². The fraction of sp³-hybridized carbons (Fsp3) is 0.353. The van der Waals surface area contributed by atoms with Gasteiger partial charge in [0.15, 0.2) is 5.82 Å².